The van der Waals surface area contributed by atoms with Crippen LogP contribution in [0.25, 0.3) is 0 Å². The van der Waals surface area contributed by atoms with Crippen LogP contribution in [0.15, 0.2) is 78.2 Å². The number of carboxylic acid groups (broad SMARTS) is 1. The fraction of sp³-hybridized carbons (Fsp3) is 0.136. The van der Waals surface area contributed by atoms with Crippen molar-refractivity contribution in [2.24, 2.45) is 5.16 Å². The van der Waals surface area contributed by atoms with Crippen molar-refractivity contribution in [1.29, 1.82) is 0 Å². The van der Waals surface area contributed by atoms with Crippen LogP contribution >= 0.6 is 0 Å². The Hall–Kier alpha value is -3.47. The Kier molecular flexibility index (Phi) is 5.61. The number of rotatable bonds is 6. The fourth-order valence-electron chi connectivity index (χ4n) is 3.20. The molecule has 5 heteroatoms. The van der Waals surface area contributed by atoms with Crippen LogP contribution in [0.4, 0.5) is 0 Å². The molecule has 2 N–H and O–H groups in total. The number of aromatic nitrogens is 1. The molecule has 1 heterocycles. The van der Waals surface area contributed by atoms with E-state index in [0.29, 0.717) is 12.1 Å². The lowest BCUT2D eigenvalue weighted by Crippen LogP contribution is -2.12. The van der Waals surface area contributed by atoms with Crippen molar-refractivity contribution in [2.45, 2.75) is 19.3 Å². The van der Waals surface area contributed by atoms with Gasteiger partial charge in [0, 0.05) is 30.3 Å². The summed E-state index contributed by atoms with van der Waals surface area (Å²) in [5.74, 6) is -1.03. The molecule has 1 aromatic heterocycles. The van der Waals surface area contributed by atoms with Crippen LogP contribution in [-0.4, -0.2) is 27.0 Å². The predicted molar refractivity (Wildman–Crippen MR) is 104 cm³/mol. The lowest BCUT2D eigenvalue weighted by molar-refractivity contribution is 0.0697. The van der Waals surface area contributed by atoms with Crippen molar-refractivity contribution in [1.82, 2.24) is 4.98 Å². The van der Waals surface area contributed by atoms with Crippen LogP contribution in [0, 0.1) is 6.92 Å². The smallest absolute Gasteiger partial charge is 0.335 e. The summed E-state index contributed by atoms with van der Waals surface area (Å²) in [4.78, 5) is 15.2. The van der Waals surface area contributed by atoms with Gasteiger partial charge in [-0.05, 0) is 47.9 Å². The molecular weight excluding hydrogens is 340 g/mol. The summed E-state index contributed by atoms with van der Waals surface area (Å²) in [6.07, 6.45) is 3.79. The summed E-state index contributed by atoms with van der Waals surface area (Å²) in [7, 11) is 0. The molecule has 1 atom stereocenters. The fourth-order valence-corrected chi connectivity index (χ4v) is 3.20. The Bertz CT molecular complexity index is 951. The van der Waals surface area contributed by atoms with Crippen molar-refractivity contribution in [3.63, 3.8) is 0 Å². The van der Waals surface area contributed by atoms with Gasteiger partial charge in [-0.3, -0.25) is 4.98 Å². The maximum Gasteiger partial charge on any atom is 0.335 e. The normalized spacial score (nSPS) is 12.6. The molecule has 136 valence electrons. The minimum absolute atomic E-state index is 0.0758. The SMILES string of the molecule is Cc1ccccc1C(C/C(=N/O)c1ccncc1)c1ccc(C(=O)O)cc1. The van der Waals surface area contributed by atoms with Gasteiger partial charge >= 0.3 is 5.97 Å². The quantitative estimate of drug-likeness (QED) is 0.385. The topological polar surface area (TPSA) is 82.8 Å². The van der Waals surface area contributed by atoms with E-state index >= 15 is 0 Å². The van der Waals surface area contributed by atoms with Crippen LogP contribution in [-0.2, 0) is 0 Å². The van der Waals surface area contributed by atoms with Crippen molar-refractivity contribution in [3.05, 3.63) is 101 Å². The van der Waals surface area contributed by atoms with Crippen LogP contribution < -0.4 is 0 Å². The number of carbonyl (C=O) groups is 1. The van der Waals surface area contributed by atoms with E-state index in [1.54, 1.807) is 36.7 Å². The third-order valence-corrected chi connectivity index (χ3v) is 4.66. The summed E-state index contributed by atoms with van der Waals surface area (Å²) in [6, 6.07) is 18.5. The molecule has 0 aliphatic carbocycles. The average molecular weight is 360 g/mol. The Morgan fingerprint density at radius 1 is 1.00 bits per heavy atom. The van der Waals surface area contributed by atoms with Crippen LogP contribution in [0.5, 0.6) is 0 Å². The number of hydrogen-bond acceptors (Lipinski definition) is 4. The number of carboxylic acids is 1. The van der Waals surface area contributed by atoms with Crippen molar-refractivity contribution in [3.8, 4) is 0 Å². The largest absolute Gasteiger partial charge is 0.478 e. The Morgan fingerprint density at radius 2 is 1.67 bits per heavy atom. The molecule has 0 amide bonds. The van der Waals surface area contributed by atoms with E-state index in [2.05, 4.69) is 10.1 Å². The van der Waals surface area contributed by atoms with Gasteiger partial charge in [0.1, 0.15) is 0 Å². The first-order chi connectivity index (χ1) is 13.1. The van der Waals surface area contributed by atoms with Crippen molar-refractivity contribution >= 4 is 11.7 Å². The molecule has 0 radical (unpaired) electrons. The van der Waals surface area contributed by atoms with E-state index in [4.69, 9.17) is 5.11 Å². The molecule has 5 nitrogen and oxygen atoms in total. The van der Waals surface area contributed by atoms with Gasteiger partial charge in [-0.1, -0.05) is 41.6 Å². The van der Waals surface area contributed by atoms with Crippen LogP contribution in [0.1, 0.15) is 45.0 Å². The highest BCUT2D eigenvalue weighted by Gasteiger charge is 2.20. The summed E-state index contributed by atoms with van der Waals surface area (Å²) < 4.78 is 0. The van der Waals surface area contributed by atoms with Gasteiger partial charge in [-0.15, -0.1) is 0 Å². The molecule has 3 aromatic rings. The minimum atomic E-state index is -0.955. The van der Waals surface area contributed by atoms with Gasteiger partial charge in [0.15, 0.2) is 0 Å². The zero-order valence-electron chi connectivity index (χ0n) is 14.9. The molecule has 0 spiro atoms. The van der Waals surface area contributed by atoms with Crippen molar-refractivity contribution < 1.29 is 15.1 Å². The second kappa shape index (κ2) is 8.27. The molecule has 0 fully saturated rings. The maximum absolute atomic E-state index is 11.2. The number of oxime groups is 1. The number of aromatic carboxylic acids is 1. The van der Waals surface area contributed by atoms with Gasteiger partial charge in [0.05, 0.1) is 11.3 Å². The molecule has 0 aliphatic rings. The van der Waals surface area contributed by atoms with Gasteiger partial charge < -0.3 is 10.3 Å². The molecule has 27 heavy (non-hydrogen) atoms. The molecule has 0 saturated carbocycles. The Labute approximate surface area is 157 Å². The lowest BCUT2D eigenvalue weighted by atomic mass is 9.83. The maximum atomic E-state index is 11.2. The molecule has 0 aliphatic heterocycles. The van der Waals surface area contributed by atoms with Gasteiger partial charge in [0.25, 0.3) is 0 Å². The van der Waals surface area contributed by atoms with Gasteiger partial charge in [-0.25, -0.2) is 4.79 Å². The van der Waals surface area contributed by atoms with E-state index in [0.717, 1.165) is 22.3 Å². The van der Waals surface area contributed by atoms with E-state index in [1.165, 1.54) is 0 Å². The number of aryl methyl sites for hydroxylation is 1. The summed E-state index contributed by atoms with van der Waals surface area (Å²) >= 11 is 0. The Balaban J connectivity index is 2.02. The molecule has 3 rings (SSSR count). The monoisotopic (exact) mass is 360 g/mol. The number of nitrogens with zero attached hydrogens (tertiary/aromatic N) is 2. The van der Waals surface area contributed by atoms with Crippen LogP contribution in [0.2, 0.25) is 0 Å². The van der Waals surface area contributed by atoms with Gasteiger partial charge in [-0.2, -0.15) is 0 Å². The summed E-state index contributed by atoms with van der Waals surface area (Å²) in [5.41, 5.74) is 4.78. The highest BCUT2D eigenvalue weighted by molar-refractivity contribution is 6.00. The predicted octanol–water partition coefficient (Wildman–Crippen LogP) is 4.49. The second-order valence-electron chi connectivity index (χ2n) is 6.32. The number of hydrogen-bond donors (Lipinski definition) is 2. The van der Waals surface area contributed by atoms with Crippen LogP contribution in [0.3, 0.4) is 0 Å². The third kappa shape index (κ3) is 4.20. The summed E-state index contributed by atoms with van der Waals surface area (Å²) in [5, 5.41) is 22.3. The summed E-state index contributed by atoms with van der Waals surface area (Å²) in [6.45, 7) is 2.04. The Morgan fingerprint density at radius 3 is 2.26 bits per heavy atom. The highest BCUT2D eigenvalue weighted by atomic mass is 16.4. The third-order valence-electron chi connectivity index (χ3n) is 4.66. The first-order valence-corrected chi connectivity index (χ1v) is 8.60. The zero-order valence-corrected chi connectivity index (χ0v) is 14.9. The van der Waals surface area contributed by atoms with E-state index < -0.39 is 5.97 Å². The molecule has 0 bridgehead atoms. The minimum Gasteiger partial charge on any atom is -0.478 e. The first kappa shape index (κ1) is 18.3. The second-order valence-corrected chi connectivity index (χ2v) is 6.32. The highest BCUT2D eigenvalue weighted by Crippen LogP contribution is 2.32. The van der Waals surface area contributed by atoms with E-state index in [9.17, 15) is 10.0 Å². The molecule has 1 unspecified atom stereocenters. The first-order valence-electron chi connectivity index (χ1n) is 8.60. The van der Waals surface area contributed by atoms with E-state index in [1.807, 2.05) is 43.3 Å². The standard InChI is InChI=1S/C22H20N2O3/c1-15-4-2-3-5-19(15)20(16-6-8-18(9-7-16)22(25)26)14-21(24-27)17-10-12-23-13-11-17/h2-13,20,27H,14H2,1H3,(H,25,26)/b24-21-. The number of benzene rings is 2. The zero-order chi connectivity index (χ0) is 19.2. The molecule has 0 saturated heterocycles. The average Bonchev–Trinajstić information content (AvgIpc) is 2.70. The molecular formula is C22H20N2O3. The molecule has 2 aromatic carbocycles. The van der Waals surface area contributed by atoms with Crippen molar-refractivity contribution in [2.75, 3.05) is 0 Å². The van der Waals surface area contributed by atoms with Gasteiger partial charge in [0.2, 0.25) is 0 Å². The lowest BCUT2D eigenvalue weighted by Gasteiger charge is -2.21. The van der Waals surface area contributed by atoms with E-state index in [-0.39, 0.29) is 11.5 Å². The number of pyridine rings is 1.